The summed E-state index contributed by atoms with van der Waals surface area (Å²) in [6, 6.07) is 6.22. The highest BCUT2D eigenvalue weighted by Crippen LogP contribution is 2.31. The number of anilines is 3. The van der Waals surface area contributed by atoms with Crippen molar-refractivity contribution in [2.45, 2.75) is 44.8 Å². The summed E-state index contributed by atoms with van der Waals surface area (Å²) in [6.45, 7) is 1.96. The van der Waals surface area contributed by atoms with Gasteiger partial charge in [-0.1, -0.05) is 0 Å². The number of aliphatic hydroxyl groups excluding tert-OH is 1. The largest absolute Gasteiger partial charge is 0.393 e. The molecule has 4 aromatic heterocycles. The maximum absolute atomic E-state index is 9.77. The lowest BCUT2D eigenvalue weighted by atomic mass is 9.93. The highest BCUT2D eigenvalue weighted by molar-refractivity contribution is 7.17. The van der Waals surface area contributed by atoms with Crippen LogP contribution in [0, 0.1) is 6.92 Å². The van der Waals surface area contributed by atoms with Crippen molar-refractivity contribution in [3.63, 3.8) is 0 Å². The van der Waals surface area contributed by atoms with E-state index in [0.29, 0.717) is 12.0 Å². The SMILES string of the molecule is Cc1cc(-n2cc(Nc3nc(NC4CCC(O)CC4)c4sccc4n3)cn2)ccn1. The molecule has 0 atom stereocenters. The van der Waals surface area contributed by atoms with Crippen LogP contribution in [-0.4, -0.2) is 42.0 Å². The van der Waals surface area contributed by atoms with Crippen LogP contribution in [0.15, 0.2) is 42.2 Å². The highest BCUT2D eigenvalue weighted by Gasteiger charge is 2.21. The van der Waals surface area contributed by atoms with Crippen molar-refractivity contribution < 1.29 is 5.11 Å². The minimum absolute atomic E-state index is 0.173. The quantitative estimate of drug-likeness (QED) is 0.447. The molecule has 4 heterocycles. The Morgan fingerprint density at radius 2 is 2.03 bits per heavy atom. The first kappa shape index (κ1) is 19.0. The predicted octanol–water partition coefficient (Wildman–Crippen LogP) is 4.04. The molecule has 0 aliphatic heterocycles. The van der Waals surface area contributed by atoms with Gasteiger partial charge in [-0.15, -0.1) is 11.3 Å². The van der Waals surface area contributed by atoms with Crippen LogP contribution < -0.4 is 10.6 Å². The molecule has 30 heavy (non-hydrogen) atoms. The van der Waals surface area contributed by atoms with Crippen LogP contribution in [0.25, 0.3) is 15.9 Å². The first-order valence-electron chi connectivity index (χ1n) is 10.1. The molecule has 0 aromatic carbocycles. The second kappa shape index (κ2) is 8.00. The number of hydrogen-bond donors (Lipinski definition) is 3. The minimum Gasteiger partial charge on any atom is -0.393 e. The Hall–Kier alpha value is -3.04. The number of aliphatic hydroxyl groups is 1. The zero-order valence-corrected chi connectivity index (χ0v) is 17.4. The van der Waals surface area contributed by atoms with Crippen LogP contribution in [0.3, 0.4) is 0 Å². The predicted molar refractivity (Wildman–Crippen MR) is 119 cm³/mol. The van der Waals surface area contributed by atoms with Crippen molar-refractivity contribution in [1.82, 2.24) is 24.7 Å². The molecule has 3 N–H and O–H groups in total. The van der Waals surface area contributed by atoms with Gasteiger partial charge >= 0.3 is 0 Å². The fourth-order valence-electron chi connectivity index (χ4n) is 3.76. The van der Waals surface area contributed by atoms with Gasteiger partial charge in [0.05, 0.1) is 40.1 Å². The van der Waals surface area contributed by atoms with Crippen LogP contribution >= 0.6 is 11.3 Å². The molecule has 5 rings (SSSR count). The van der Waals surface area contributed by atoms with E-state index in [1.54, 1.807) is 28.4 Å². The first-order valence-corrected chi connectivity index (χ1v) is 11.0. The second-order valence-corrected chi connectivity index (χ2v) is 8.55. The van der Waals surface area contributed by atoms with Crippen molar-refractivity contribution in [3.05, 3.63) is 47.9 Å². The van der Waals surface area contributed by atoms with E-state index in [0.717, 1.165) is 58.8 Å². The third-order valence-corrected chi connectivity index (χ3v) is 6.23. The van der Waals surface area contributed by atoms with Gasteiger partial charge in [0, 0.05) is 17.9 Å². The summed E-state index contributed by atoms with van der Waals surface area (Å²) in [5.74, 6) is 1.38. The third kappa shape index (κ3) is 3.99. The summed E-state index contributed by atoms with van der Waals surface area (Å²) in [7, 11) is 0. The molecule has 1 aliphatic rings. The van der Waals surface area contributed by atoms with Crippen LogP contribution in [0.4, 0.5) is 17.5 Å². The molecule has 0 saturated heterocycles. The number of thiophene rings is 1. The van der Waals surface area contributed by atoms with Crippen molar-refractivity contribution in [1.29, 1.82) is 0 Å². The normalized spacial score (nSPS) is 19.1. The van der Waals surface area contributed by atoms with Crippen LogP contribution in [0.2, 0.25) is 0 Å². The number of nitrogens with one attached hydrogen (secondary N) is 2. The number of aryl methyl sites for hydroxylation is 1. The molecule has 1 aliphatic carbocycles. The minimum atomic E-state index is -0.173. The Labute approximate surface area is 178 Å². The smallest absolute Gasteiger partial charge is 0.229 e. The molecule has 154 valence electrons. The average molecular weight is 422 g/mol. The Balaban J connectivity index is 1.38. The van der Waals surface area contributed by atoms with Crippen LogP contribution in [-0.2, 0) is 0 Å². The molecule has 0 unspecified atom stereocenters. The fourth-order valence-corrected chi connectivity index (χ4v) is 4.55. The fraction of sp³-hybridized carbons (Fsp3) is 0.333. The molecule has 0 bridgehead atoms. The number of fused-ring (bicyclic) bond motifs is 1. The van der Waals surface area contributed by atoms with Gasteiger partial charge < -0.3 is 15.7 Å². The molecule has 0 amide bonds. The van der Waals surface area contributed by atoms with Crippen molar-refractivity contribution in [2.75, 3.05) is 10.6 Å². The van der Waals surface area contributed by atoms with Crippen molar-refractivity contribution in [3.8, 4) is 5.69 Å². The number of pyridine rings is 1. The first-order chi connectivity index (χ1) is 14.6. The summed E-state index contributed by atoms with van der Waals surface area (Å²) < 4.78 is 2.85. The van der Waals surface area contributed by atoms with Gasteiger partial charge in [0.2, 0.25) is 5.95 Å². The topological polar surface area (TPSA) is 101 Å². The maximum atomic E-state index is 9.77. The van der Waals surface area contributed by atoms with E-state index >= 15 is 0 Å². The van der Waals surface area contributed by atoms with Gasteiger partial charge in [-0.3, -0.25) is 4.98 Å². The molecule has 8 nitrogen and oxygen atoms in total. The monoisotopic (exact) mass is 421 g/mol. The van der Waals surface area contributed by atoms with E-state index in [1.165, 1.54) is 0 Å². The van der Waals surface area contributed by atoms with E-state index in [4.69, 9.17) is 4.98 Å². The summed E-state index contributed by atoms with van der Waals surface area (Å²) in [5.41, 5.74) is 3.61. The lowest BCUT2D eigenvalue weighted by Gasteiger charge is -2.26. The summed E-state index contributed by atoms with van der Waals surface area (Å²) >= 11 is 1.63. The average Bonchev–Trinajstić information content (AvgIpc) is 3.39. The molecule has 0 spiro atoms. The highest BCUT2D eigenvalue weighted by atomic mass is 32.1. The van der Waals surface area contributed by atoms with E-state index < -0.39 is 0 Å². The van der Waals surface area contributed by atoms with Gasteiger partial charge in [-0.05, 0) is 56.2 Å². The van der Waals surface area contributed by atoms with E-state index in [-0.39, 0.29) is 6.10 Å². The molecule has 4 aromatic rings. The maximum Gasteiger partial charge on any atom is 0.229 e. The second-order valence-electron chi connectivity index (χ2n) is 7.63. The summed E-state index contributed by atoms with van der Waals surface area (Å²) in [5, 5.41) is 23.1. The van der Waals surface area contributed by atoms with Gasteiger partial charge in [0.15, 0.2) is 0 Å². The summed E-state index contributed by atoms with van der Waals surface area (Å²) in [4.78, 5) is 13.6. The number of hydrogen-bond acceptors (Lipinski definition) is 8. The van der Waals surface area contributed by atoms with Crippen molar-refractivity contribution >= 4 is 39.0 Å². The lowest BCUT2D eigenvalue weighted by Crippen LogP contribution is -2.28. The van der Waals surface area contributed by atoms with Crippen molar-refractivity contribution in [2.24, 2.45) is 0 Å². The Morgan fingerprint density at radius 1 is 1.17 bits per heavy atom. The standard InChI is InChI=1S/C21H23N7OS/c1-13-10-16(6-8-22-13)28-12-15(11-23-28)25-21-26-18-7-9-30-19(18)20(27-21)24-14-2-4-17(29)5-3-14/h6-12,14,17,29H,2-5H2,1H3,(H2,24,25,26,27). The third-order valence-electron chi connectivity index (χ3n) is 5.32. The van der Waals surface area contributed by atoms with E-state index in [9.17, 15) is 5.11 Å². The number of aromatic nitrogens is 5. The molecule has 1 fully saturated rings. The van der Waals surface area contributed by atoms with Gasteiger partial charge in [0.1, 0.15) is 5.82 Å². The summed E-state index contributed by atoms with van der Waals surface area (Å²) in [6.07, 6.45) is 8.81. The van der Waals surface area contributed by atoms with E-state index in [1.807, 2.05) is 36.7 Å². The van der Waals surface area contributed by atoms with Gasteiger partial charge in [0.25, 0.3) is 0 Å². The molecule has 9 heteroatoms. The molecule has 0 radical (unpaired) electrons. The number of rotatable bonds is 5. The molecule has 1 saturated carbocycles. The zero-order valence-electron chi connectivity index (χ0n) is 16.6. The van der Waals surface area contributed by atoms with E-state index in [2.05, 4.69) is 25.7 Å². The zero-order chi connectivity index (χ0) is 20.5. The Morgan fingerprint density at radius 3 is 2.87 bits per heavy atom. The Bertz CT molecular complexity index is 1160. The van der Waals surface area contributed by atoms with Gasteiger partial charge in [-0.25, -0.2) is 9.67 Å². The number of nitrogens with zero attached hydrogens (tertiary/aromatic N) is 5. The van der Waals surface area contributed by atoms with Gasteiger partial charge in [-0.2, -0.15) is 10.1 Å². The Kier molecular flexibility index (Phi) is 5.06. The molecular formula is C21H23N7OS. The lowest BCUT2D eigenvalue weighted by molar-refractivity contribution is 0.126. The van der Waals surface area contributed by atoms with Crippen LogP contribution in [0.1, 0.15) is 31.4 Å². The van der Waals surface area contributed by atoms with Crippen LogP contribution in [0.5, 0.6) is 0 Å². The molecular weight excluding hydrogens is 398 g/mol.